The Bertz CT molecular complexity index is 846. The largest absolute Gasteiger partial charge is 0.390 e. The van der Waals surface area contributed by atoms with Gasteiger partial charge >= 0.3 is 0 Å². The summed E-state index contributed by atoms with van der Waals surface area (Å²) in [6.45, 7) is 5.44. The fraction of sp³-hybridized carbons (Fsp3) is 0.353. The van der Waals surface area contributed by atoms with Gasteiger partial charge in [-0.05, 0) is 30.7 Å². The molecule has 0 bridgehead atoms. The van der Waals surface area contributed by atoms with E-state index in [-0.39, 0.29) is 0 Å². The normalized spacial score (nSPS) is 15.4. The van der Waals surface area contributed by atoms with Gasteiger partial charge in [-0.25, -0.2) is 4.98 Å². The number of rotatable bonds is 2. The van der Waals surface area contributed by atoms with E-state index < -0.39 is 0 Å². The molecule has 114 valence electrons. The maximum absolute atomic E-state index is 6.38. The quantitative estimate of drug-likeness (QED) is 0.790. The number of nitrogen functional groups attached to an aromatic ring is 1. The van der Waals surface area contributed by atoms with Crippen molar-refractivity contribution < 1.29 is 0 Å². The summed E-state index contributed by atoms with van der Waals surface area (Å²) in [4.78, 5) is 8.72. The van der Waals surface area contributed by atoms with Gasteiger partial charge in [0.1, 0.15) is 5.82 Å². The van der Waals surface area contributed by atoms with Crippen molar-refractivity contribution in [1.82, 2.24) is 14.5 Å². The molecular formula is C17H20N4S. The summed E-state index contributed by atoms with van der Waals surface area (Å²) in [6.07, 6.45) is 1.06. The number of imidazole rings is 1. The van der Waals surface area contributed by atoms with Crippen LogP contribution in [0.2, 0.25) is 0 Å². The molecule has 0 fully saturated rings. The fourth-order valence-corrected chi connectivity index (χ4v) is 4.52. The number of para-hydroxylation sites is 2. The topological polar surface area (TPSA) is 47.1 Å². The number of hydrogen-bond acceptors (Lipinski definition) is 4. The molecule has 2 aromatic heterocycles. The zero-order valence-electron chi connectivity index (χ0n) is 13.0. The van der Waals surface area contributed by atoms with Crippen LogP contribution in [0.4, 0.5) is 5.00 Å². The summed E-state index contributed by atoms with van der Waals surface area (Å²) in [5.74, 6) is 1.00. The van der Waals surface area contributed by atoms with Crippen LogP contribution in [0.1, 0.15) is 17.4 Å². The molecule has 3 heterocycles. The van der Waals surface area contributed by atoms with E-state index in [1.165, 1.54) is 10.4 Å². The molecule has 2 N–H and O–H groups in total. The second-order valence-electron chi connectivity index (χ2n) is 5.84. The van der Waals surface area contributed by atoms with Crippen LogP contribution in [0, 0.1) is 0 Å². The van der Waals surface area contributed by atoms with Gasteiger partial charge in [0.2, 0.25) is 0 Å². The molecule has 0 aliphatic carbocycles. The maximum Gasteiger partial charge on any atom is 0.144 e. The van der Waals surface area contributed by atoms with Gasteiger partial charge in [0.05, 0.1) is 21.6 Å². The number of aryl methyl sites for hydroxylation is 1. The Morgan fingerprint density at radius 3 is 2.91 bits per heavy atom. The van der Waals surface area contributed by atoms with Gasteiger partial charge in [0.25, 0.3) is 0 Å². The second kappa shape index (κ2) is 5.11. The average molecular weight is 312 g/mol. The van der Waals surface area contributed by atoms with Gasteiger partial charge < -0.3 is 10.3 Å². The van der Waals surface area contributed by atoms with Crippen molar-refractivity contribution in [2.24, 2.45) is 7.05 Å². The number of fused-ring (bicyclic) bond motifs is 2. The molecule has 0 saturated heterocycles. The summed E-state index contributed by atoms with van der Waals surface area (Å²) in [5, 5.41) is 0.904. The first kappa shape index (κ1) is 13.8. The van der Waals surface area contributed by atoms with Crippen molar-refractivity contribution in [2.75, 3.05) is 18.8 Å². The molecule has 0 spiro atoms. The molecule has 0 atom stereocenters. The molecule has 0 amide bonds. The molecule has 5 heteroatoms. The Morgan fingerprint density at radius 1 is 1.32 bits per heavy atom. The van der Waals surface area contributed by atoms with E-state index in [2.05, 4.69) is 41.6 Å². The van der Waals surface area contributed by atoms with Gasteiger partial charge in [-0.1, -0.05) is 19.1 Å². The average Bonchev–Trinajstić information content (AvgIpc) is 3.03. The van der Waals surface area contributed by atoms with Crippen LogP contribution < -0.4 is 5.73 Å². The summed E-state index contributed by atoms with van der Waals surface area (Å²) in [5.41, 5.74) is 11.1. The van der Waals surface area contributed by atoms with Crippen molar-refractivity contribution in [3.63, 3.8) is 0 Å². The Kier molecular flexibility index (Phi) is 3.20. The number of thiophene rings is 1. The van der Waals surface area contributed by atoms with E-state index in [0.717, 1.165) is 53.5 Å². The van der Waals surface area contributed by atoms with Gasteiger partial charge in [-0.3, -0.25) is 4.90 Å². The molecule has 4 nitrogen and oxygen atoms in total. The molecule has 1 aromatic carbocycles. The number of nitrogens with two attached hydrogens (primary N) is 1. The van der Waals surface area contributed by atoms with E-state index in [1.807, 2.05) is 6.07 Å². The number of likely N-dealkylation sites (N-methyl/N-ethyl adjacent to an activating group) is 1. The highest BCUT2D eigenvalue weighted by Crippen LogP contribution is 2.41. The predicted octanol–water partition coefficient (Wildman–Crippen LogP) is 3.26. The van der Waals surface area contributed by atoms with Gasteiger partial charge in [-0.15, -0.1) is 11.3 Å². The molecule has 1 aliphatic rings. The van der Waals surface area contributed by atoms with Crippen LogP contribution in [-0.4, -0.2) is 27.5 Å². The van der Waals surface area contributed by atoms with E-state index in [0.29, 0.717) is 0 Å². The molecular weight excluding hydrogens is 292 g/mol. The minimum absolute atomic E-state index is 0.904. The van der Waals surface area contributed by atoms with E-state index in [1.54, 1.807) is 11.3 Å². The molecule has 0 unspecified atom stereocenters. The number of nitrogens with zero attached hydrogens (tertiary/aromatic N) is 3. The molecule has 4 rings (SSSR count). The van der Waals surface area contributed by atoms with Gasteiger partial charge in [0, 0.05) is 25.0 Å². The van der Waals surface area contributed by atoms with Crippen molar-refractivity contribution >= 4 is 27.4 Å². The minimum Gasteiger partial charge on any atom is -0.390 e. The van der Waals surface area contributed by atoms with Crippen LogP contribution in [0.15, 0.2) is 24.3 Å². The Labute approximate surface area is 134 Å². The summed E-state index contributed by atoms with van der Waals surface area (Å²) < 4.78 is 2.17. The van der Waals surface area contributed by atoms with Crippen molar-refractivity contribution in [3.8, 4) is 11.4 Å². The predicted molar refractivity (Wildman–Crippen MR) is 93.1 cm³/mol. The van der Waals surface area contributed by atoms with Gasteiger partial charge in [-0.2, -0.15) is 0 Å². The molecule has 22 heavy (non-hydrogen) atoms. The fourth-order valence-electron chi connectivity index (χ4n) is 3.36. The Balaban J connectivity index is 1.89. The van der Waals surface area contributed by atoms with Crippen molar-refractivity contribution in [1.29, 1.82) is 0 Å². The number of benzene rings is 1. The molecule has 0 saturated carbocycles. The minimum atomic E-state index is 0.904. The first-order valence-corrected chi connectivity index (χ1v) is 8.55. The highest BCUT2D eigenvalue weighted by atomic mass is 32.1. The van der Waals surface area contributed by atoms with Crippen LogP contribution in [0.25, 0.3) is 22.4 Å². The van der Waals surface area contributed by atoms with Crippen LogP contribution in [0.3, 0.4) is 0 Å². The SMILES string of the molecule is CCN1CCc2c(sc(N)c2-c2nc3ccccc3n2C)C1. The zero-order valence-corrected chi connectivity index (χ0v) is 13.8. The van der Waals surface area contributed by atoms with E-state index in [4.69, 9.17) is 10.7 Å². The Morgan fingerprint density at radius 2 is 2.14 bits per heavy atom. The van der Waals surface area contributed by atoms with Crippen LogP contribution >= 0.6 is 11.3 Å². The highest BCUT2D eigenvalue weighted by Gasteiger charge is 2.26. The summed E-state index contributed by atoms with van der Waals surface area (Å²) >= 11 is 1.73. The zero-order chi connectivity index (χ0) is 15.3. The Hall–Kier alpha value is -1.85. The third-order valence-electron chi connectivity index (χ3n) is 4.62. The number of aromatic nitrogens is 2. The lowest BCUT2D eigenvalue weighted by Gasteiger charge is -2.25. The number of hydrogen-bond donors (Lipinski definition) is 1. The molecule has 3 aromatic rings. The lowest BCUT2D eigenvalue weighted by atomic mass is 10.0. The standard InChI is InChI=1S/C17H20N4S/c1-3-21-9-8-11-14(10-21)22-16(18)15(11)17-19-12-6-4-5-7-13(12)20(17)2/h4-7H,3,8-10,18H2,1-2H3. The van der Waals surface area contributed by atoms with Crippen molar-refractivity contribution in [2.45, 2.75) is 19.9 Å². The lowest BCUT2D eigenvalue weighted by molar-refractivity contribution is 0.272. The van der Waals surface area contributed by atoms with Crippen LogP contribution in [-0.2, 0) is 20.0 Å². The number of anilines is 1. The lowest BCUT2D eigenvalue weighted by Crippen LogP contribution is -2.29. The summed E-state index contributed by atoms with van der Waals surface area (Å²) in [6, 6.07) is 8.26. The third-order valence-corrected chi connectivity index (χ3v) is 5.67. The highest BCUT2D eigenvalue weighted by molar-refractivity contribution is 7.16. The first-order valence-electron chi connectivity index (χ1n) is 7.73. The smallest absolute Gasteiger partial charge is 0.144 e. The molecule has 0 radical (unpaired) electrons. The second-order valence-corrected chi connectivity index (χ2v) is 6.98. The van der Waals surface area contributed by atoms with Crippen LogP contribution in [0.5, 0.6) is 0 Å². The first-order chi connectivity index (χ1) is 10.7. The van der Waals surface area contributed by atoms with E-state index >= 15 is 0 Å². The monoisotopic (exact) mass is 312 g/mol. The summed E-state index contributed by atoms with van der Waals surface area (Å²) in [7, 11) is 2.08. The van der Waals surface area contributed by atoms with Crippen molar-refractivity contribution in [3.05, 3.63) is 34.7 Å². The van der Waals surface area contributed by atoms with Gasteiger partial charge in [0.15, 0.2) is 0 Å². The third kappa shape index (κ3) is 1.96. The maximum atomic E-state index is 6.38. The molecule has 1 aliphatic heterocycles. The van der Waals surface area contributed by atoms with E-state index in [9.17, 15) is 0 Å².